The summed E-state index contributed by atoms with van der Waals surface area (Å²) in [5.41, 5.74) is 3.74. The maximum Gasteiger partial charge on any atom is 0.127 e. The molecule has 2 rings (SSSR count). The first-order valence-electron chi connectivity index (χ1n) is 4.61. The van der Waals surface area contributed by atoms with Crippen LogP contribution in [-0.2, 0) is 0 Å². The third kappa shape index (κ3) is 1.54. The Balaban J connectivity index is 2.34. The first-order valence-corrected chi connectivity index (χ1v) is 4.61. The first kappa shape index (κ1) is 8.23. The van der Waals surface area contributed by atoms with Crippen LogP contribution in [0.4, 0.5) is 0 Å². The van der Waals surface area contributed by atoms with Crippen LogP contribution in [0.25, 0.3) is 0 Å². The fraction of sp³-hybridized carbons (Fsp3) is 0.400. The Kier molecular flexibility index (Phi) is 2.00. The van der Waals surface area contributed by atoms with Gasteiger partial charge >= 0.3 is 0 Å². The predicted octanol–water partition coefficient (Wildman–Crippen LogP) is 0.802. The smallest absolute Gasteiger partial charge is 0.127 e. The summed E-state index contributed by atoms with van der Waals surface area (Å²) >= 11 is 0. The van der Waals surface area contributed by atoms with Crippen molar-refractivity contribution in [1.29, 1.82) is 0 Å². The maximum absolute atomic E-state index is 3.36. The zero-order valence-corrected chi connectivity index (χ0v) is 8.07. The molecule has 0 unspecified atom stereocenters. The van der Waals surface area contributed by atoms with E-state index < -0.39 is 0 Å². The van der Waals surface area contributed by atoms with Crippen molar-refractivity contribution in [1.82, 2.24) is 16.0 Å². The van der Waals surface area contributed by atoms with Gasteiger partial charge in [-0.3, -0.25) is 0 Å². The van der Waals surface area contributed by atoms with Crippen molar-refractivity contribution in [2.45, 2.75) is 13.8 Å². The second-order valence-corrected chi connectivity index (χ2v) is 3.44. The summed E-state index contributed by atoms with van der Waals surface area (Å²) in [7, 11) is 0. The highest BCUT2D eigenvalue weighted by Gasteiger charge is 2.11. The van der Waals surface area contributed by atoms with Crippen molar-refractivity contribution in [3.63, 3.8) is 0 Å². The molecule has 0 aromatic carbocycles. The molecular formula is C10H15N3. The number of rotatable bonds is 0. The first-order chi connectivity index (χ1) is 6.27. The van der Waals surface area contributed by atoms with Crippen molar-refractivity contribution in [3.8, 4) is 0 Å². The zero-order chi connectivity index (χ0) is 9.26. The molecule has 0 saturated heterocycles. The van der Waals surface area contributed by atoms with Gasteiger partial charge in [0.15, 0.2) is 0 Å². The van der Waals surface area contributed by atoms with E-state index in [1.165, 1.54) is 11.1 Å². The Morgan fingerprint density at radius 1 is 1.08 bits per heavy atom. The largest absolute Gasteiger partial charge is 0.380 e. The van der Waals surface area contributed by atoms with Crippen molar-refractivity contribution in [2.24, 2.45) is 0 Å². The van der Waals surface area contributed by atoms with Crippen molar-refractivity contribution >= 4 is 0 Å². The van der Waals surface area contributed by atoms with Gasteiger partial charge in [-0.05, 0) is 31.1 Å². The Labute approximate surface area is 78.6 Å². The van der Waals surface area contributed by atoms with Gasteiger partial charge in [-0.25, -0.2) is 0 Å². The summed E-state index contributed by atoms with van der Waals surface area (Å²) in [5, 5.41) is 9.93. The fourth-order valence-corrected chi connectivity index (χ4v) is 1.44. The SMILES string of the molecule is CC1=CNC2=C(C=C1C)NCCN2. The van der Waals surface area contributed by atoms with E-state index in [0.717, 1.165) is 24.6 Å². The molecule has 0 bridgehead atoms. The molecule has 0 radical (unpaired) electrons. The molecule has 2 aliphatic heterocycles. The Morgan fingerprint density at radius 3 is 2.69 bits per heavy atom. The van der Waals surface area contributed by atoms with Gasteiger partial charge < -0.3 is 16.0 Å². The third-order valence-corrected chi connectivity index (χ3v) is 2.43. The standard InChI is InChI=1S/C10H15N3/c1-7-5-9-10(12-4-3-11-9)13-6-8(7)2/h5-6,11-13H,3-4H2,1-2H3. The van der Waals surface area contributed by atoms with E-state index in [1.54, 1.807) is 0 Å². The number of allylic oxidation sites excluding steroid dienone is 3. The van der Waals surface area contributed by atoms with Gasteiger partial charge in [-0.1, -0.05) is 0 Å². The topological polar surface area (TPSA) is 36.1 Å². The number of hydrogen-bond donors (Lipinski definition) is 3. The lowest BCUT2D eigenvalue weighted by atomic mass is 10.1. The summed E-state index contributed by atoms with van der Waals surface area (Å²) in [5.74, 6) is 1.09. The molecule has 3 N–H and O–H groups in total. The Hall–Kier alpha value is -1.38. The zero-order valence-electron chi connectivity index (χ0n) is 8.07. The minimum Gasteiger partial charge on any atom is -0.380 e. The molecule has 0 aliphatic carbocycles. The van der Waals surface area contributed by atoms with Crippen LogP contribution in [0.5, 0.6) is 0 Å². The molecule has 0 fully saturated rings. The van der Waals surface area contributed by atoms with Gasteiger partial charge in [-0.15, -0.1) is 0 Å². The Morgan fingerprint density at radius 2 is 1.85 bits per heavy atom. The third-order valence-electron chi connectivity index (χ3n) is 2.43. The summed E-state index contributed by atoms with van der Waals surface area (Å²) < 4.78 is 0. The van der Waals surface area contributed by atoms with Gasteiger partial charge in [0.1, 0.15) is 5.82 Å². The summed E-state index contributed by atoms with van der Waals surface area (Å²) in [4.78, 5) is 0. The molecule has 70 valence electrons. The minimum absolute atomic E-state index is 0.978. The second-order valence-electron chi connectivity index (χ2n) is 3.44. The van der Waals surface area contributed by atoms with Crippen LogP contribution in [0.3, 0.4) is 0 Å². The summed E-state index contributed by atoms with van der Waals surface area (Å²) in [6.07, 6.45) is 4.21. The van der Waals surface area contributed by atoms with Crippen molar-refractivity contribution < 1.29 is 0 Å². The van der Waals surface area contributed by atoms with Crippen LogP contribution in [0.1, 0.15) is 13.8 Å². The molecule has 0 amide bonds. The van der Waals surface area contributed by atoms with Crippen LogP contribution in [0.15, 0.2) is 34.9 Å². The monoisotopic (exact) mass is 177 g/mol. The minimum atomic E-state index is 0.978. The second kappa shape index (κ2) is 3.17. The molecule has 3 nitrogen and oxygen atoms in total. The van der Waals surface area contributed by atoms with Gasteiger partial charge in [-0.2, -0.15) is 0 Å². The normalized spacial score (nSPS) is 21.4. The lowest BCUT2D eigenvalue weighted by Crippen LogP contribution is -2.38. The highest BCUT2D eigenvalue weighted by molar-refractivity contribution is 5.39. The van der Waals surface area contributed by atoms with Crippen LogP contribution in [-0.4, -0.2) is 13.1 Å². The maximum atomic E-state index is 3.36. The molecule has 0 atom stereocenters. The van der Waals surface area contributed by atoms with Crippen LogP contribution >= 0.6 is 0 Å². The lowest BCUT2D eigenvalue weighted by molar-refractivity contribution is 0.633. The van der Waals surface area contributed by atoms with E-state index in [2.05, 4.69) is 35.9 Å². The molecule has 2 heterocycles. The van der Waals surface area contributed by atoms with E-state index in [9.17, 15) is 0 Å². The average Bonchev–Trinajstić information content (AvgIpc) is 2.28. The highest BCUT2D eigenvalue weighted by atomic mass is 15.1. The highest BCUT2D eigenvalue weighted by Crippen LogP contribution is 2.15. The molecule has 0 aromatic rings. The van der Waals surface area contributed by atoms with Crippen molar-refractivity contribution in [3.05, 3.63) is 34.9 Å². The summed E-state index contributed by atoms with van der Waals surface area (Å²) in [6, 6.07) is 0. The van der Waals surface area contributed by atoms with Crippen molar-refractivity contribution in [2.75, 3.05) is 13.1 Å². The van der Waals surface area contributed by atoms with E-state index in [-0.39, 0.29) is 0 Å². The van der Waals surface area contributed by atoms with Gasteiger partial charge in [0.05, 0.1) is 5.70 Å². The molecule has 0 aromatic heterocycles. The van der Waals surface area contributed by atoms with E-state index in [4.69, 9.17) is 0 Å². The molecule has 13 heavy (non-hydrogen) atoms. The molecule has 2 aliphatic rings. The molecule has 0 saturated carbocycles. The van der Waals surface area contributed by atoms with Crippen LogP contribution < -0.4 is 16.0 Å². The predicted molar refractivity (Wildman–Crippen MR) is 53.7 cm³/mol. The van der Waals surface area contributed by atoms with Gasteiger partial charge in [0, 0.05) is 19.3 Å². The molecule has 0 spiro atoms. The number of nitrogens with one attached hydrogen (secondary N) is 3. The Bertz CT molecular complexity index is 310. The van der Waals surface area contributed by atoms with Crippen LogP contribution in [0.2, 0.25) is 0 Å². The van der Waals surface area contributed by atoms with Gasteiger partial charge in [0.25, 0.3) is 0 Å². The van der Waals surface area contributed by atoms with E-state index >= 15 is 0 Å². The fourth-order valence-electron chi connectivity index (χ4n) is 1.44. The van der Waals surface area contributed by atoms with E-state index in [0.29, 0.717) is 0 Å². The van der Waals surface area contributed by atoms with Crippen LogP contribution in [0, 0.1) is 0 Å². The average molecular weight is 177 g/mol. The van der Waals surface area contributed by atoms with E-state index in [1.807, 2.05) is 6.20 Å². The van der Waals surface area contributed by atoms with Gasteiger partial charge in [0.2, 0.25) is 0 Å². The quantitative estimate of drug-likeness (QED) is 0.512. The molecular weight excluding hydrogens is 162 g/mol. The number of hydrogen-bond acceptors (Lipinski definition) is 3. The molecule has 3 heteroatoms. The lowest BCUT2D eigenvalue weighted by Gasteiger charge is -2.20. The summed E-state index contributed by atoms with van der Waals surface area (Å²) in [6.45, 7) is 6.20.